The molecule has 0 aromatic heterocycles. The van der Waals surface area contributed by atoms with Crippen molar-refractivity contribution in [2.24, 2.45) is 5.92 Å². The molecule has 0 radical (unpaired) electrons. The first-order valence-electron chi connectivity index (χ1n) is 10.1. The van der Waals surface area contributed by atoms with E-state index in [2.05, 4.69) is 0 Å². The number of rotatable bonds is 7. The molecule has 0 aliphatic carbocycles. The first-order chi connectivity index (χ1) is 13.6. The molecule has 1 saturated heterocycles. The van der Waals surface area contributed by atoms with Gasteiger partial charge in [-0.1, -0.05) is 13.0 Å². The second-order valence-electron chi connectivity index (χ2n) is 7.60. The first-order valence-corrected chi connectivity index (χ1v) is 12.0. The number of benzene rings is 1. The Bertz CT molecular complexity index is 845. The minimum atomic E-state index is -3.66. The lowest BCUT2D eigenvalue weighted by Crippen LogP contribution is -2.52. The van der Waals surface area contributed by atoms with Crippen molar-refractivity contribution < 1.29 is 22.7 Å². The Morgan fingerprint density at radius 3 is 2.28 bits per heavy atom. The van der Waals surface area contributed by atoms with Crippen molar-refractivity contribution in [3.05, 3.63) is 29.3 Å². The molecule has 0 bridgehead atoms. The fraction of sp³-hybridized carbons (Fsp3) is 0.619. The Labute approximate surface area is 174 Å². The summed E-state index contributed by atoms with van der Waals surface area (Å²) in [5, 5.41) is 0. The Balaban J connectivity index is 2.23. The van der Waals surface area contributed by atoms with Gasteiger partial charge in [0.05, 0.1) is 24.5 Å². The zero-order valence-corrected chi connectivity index (χ0v) is 18.8. The van der Waals surface area contributed by atoms with Gasteiger partial charge in [-0.25, -0.2) is 8.42 Å². The van der Waals surface area contributed by atoms with Crippen molar-refractivity contribution in [3.63, 3.8) is 0 Å². The third-order valence-corrected chi connectivity index (χ3v) is 6.66. The zero-order chi connectivity index (χ0) is 21.8. The number of nitrogens with zero attached hydrogens (tertiary/aromatic N) is 2. The van der Waals surface area contributed by atoms with Crippen LogP contribution in [0.4, 0.5) is 5.69 Å². The lowest BCUT2D eigenvalue weighted by Gasteiger charge is -2.37. The highest BCUT2D eigenvalue weighted by Crippen LogP contribution is 2.27. The van der Waals surface area contributed by atoms with Gasteiger partial charge in [0.1, 0.15) is 6.04 Å². The molecular formula is C21H32N2O5S. The fourth-order valence-electron chi connectivity index (χ4n) is 3.71. The molecule has 8 heteroatoms. The zero-order valence-electron chi connectivity index (χ0n) is 18.0. The van der Waals surface area contributed by atoms with Crippen LogP contribution < -0.4 is 4.31 Å². The van der Waals surface area contributed by atoms with E-state index in [1.165, 1.54) is 4.31 Å². The van der Waals surface area contributed by atoms with E-state index in [1.54, 1.807) is 24.0 Å². The highest BCUT2D eigenvalue weighted by atomic mass is 32.2. The number of hydrogen-bond donors (Lipinski definition) is 0. The molecule has 1 heterocycles. The molecule has 1 aliphatic rings. The van der Waals surface area contributed by atoms with Crippen LogP contribution in [0.3, 0.4) is 0 Å². The van der Waals surface area contributed by atoms with E-state index in [9.17, 15) is 18.0 Å². The summed E-state index contributed by atoms with van der Waals surface area (Å²) < 4.78 is 31.6. The minimum Gasteiger partial charge on any atom is -0.466 e. The molecule has 0 spiro atoms. The number of likely N-dealkylation sites (tertiary alicyclic amines) is 1. The van der Waals surface area contributed by atoms with Crippen molar-refractivity contribution in [1.82, 2.24) is 4.90 Å². The number of aryl methyl sites for hydroxylation is 2. The number of ether oxygens (including phenoxy) is 1. The van der Waals surface area contributed by atoms with Gasteiger partial charge in [-0.2, -0.15) is 0 Å². The summed E-state index contributed by atoms with van der Waals surface area (Å²) in [6.07, 6.45) is 2.55. The summed E-state index contributed by atoms with van der Waals surface area (Å²) in [6.45, 7) is 8.65. The molecule has 0 N–H and O–H groups in total. The monoisotopic (exact) mass is 424 g/mol. The van der Waals surface area contributed by atoms with Gasteiger partial charge in [0.15, 0.2) is 0 Å². The minimum absolute atomic E-state index is 0.204. The third kappa shape index (κ3) is 5.50. The highest BCUT2D eigenvalue weighted by Gasteiger charge is 2.36. The molecule has 1 amide bonds. The van der Waals surface area contributed by atoms with Gasteiger partial charge in [0.2, 0.25) is 15.9 Å². The predicted molar refractivity (Wildman–Crippen MR) is 113 cm³/mol. The molecule has 1 atom stereocenters. The standard InChI is InChI=1S/C21H32N2O5S/c1-6-19(20(24)22-12-10-17(11-13-22)21(25)28-7-2)23(29(5,26)27)18-9-8-15(3)16(4)14-18/h8-9,14,17,19H,6-7,10-13H2,1-5H3. The molecule has 29 heavy (non-hydrogen) atoms. The fourth-order valence-corrected chi connectivity index (χ4v) is 4.91. The van der Waals surface area contributed by atoms with E-state index in [4.69, 9.17) is 4.74 Å². The molecule has 2 rings (SSSR count). The summed E-state index contributed by atoms with van der Waals surface area (Å²) in [7, 11) is -3.66. The second-order valence-corrected chi connectivity index (χ2v) is 9.46. The maximum Gasteiger partial charge on any atom is 0.309 e. The van der Waals surface area contributed by atoms with E-state index in [-0.39, 0.29) is 17.8 Å². The summed E-state index contributed by atoms with van der Waals surface area (Å²) in [4.78, 5) is 26.9. The summed E-state index contributed by atoms with van der Waals surface area (Å²) in [6, 6.07) is 4.60. The third-order valence-electron chi connectivity index (χ3n) is 5.48. The van der Waals surface area contributed by atoms with Crippen molar-refractivity contribution in [2.75, 3.05) is 30.3 Å². The number of amides is 1. The quantitative estimate of drug-likeness (QED) is 0.629. The van der Waals surface area contributed by atoms with Gasteiger partial charge in [-0.05, 0) is 63.3 Å². The Morgan fingerprint density at radius 1 is 1.17 bits per heavy atom. The Morgan fingerprint density at radius 2 is 1.79 bits per heavy atom. The molecule has 1 fully saturated rings. The smallest absolute Gasteiger partial charge is 0.309 e. The predicted octanol–water partition coefficient (Wildman–Crippen LogP) is 2.65. The average molecular weight is 425 g/mol. The number of anilines is 1. The average Bonchev–Trinajstić information content (AvgIpc) is 2.67. The topological polar surface area (TPSA) is 84.0 Å². The van der Waals surface area contributed by atoms with Gasteiger partial charge in [-0.3, -0.25) is 13.9 Å². The maximum atomic E-state index is 13.2. The molecule has 7 nitrogen and oxygen atoms in total. The molecule has 0 saturated carbocycles. The normalized spacial score (nSPS) is 16.4. The molecule has 1 unspecified atom stereocenters. The van der Waals surface area contributed by atoms with E-state index in [0.717, 1.165) is 17.4 Å². The van der Waals surface area contributed by atoms with Gasteiger partial charge in [-0.15, -0.1) is 0 Å². The van der Waals surface area contributed by atoms with E-state index >= 15 is 0 Å². The number of carbonyl (C=O) groups is 2. The molecular weight excluding hydrogens is 392 g/mol. The lowest BCUT2D eigenvalue weighted by atomic mass is 9.96. The number of hydrogen-bond acceptors (Lipinski definition) is 5. The molecule has 1 aliphatic heterocycles. The number of carbonyl (C=O) groups excluding carboxylic acids is 2. The van der Waals surface area contributed by atoms with Gasteiger partial charge >= 0.3 is 5.97 Å². The number of sulfonamides is 1. The summed E-state index contributed by atoms with van der Waals surface area (Å²) >= 11 is 0. The van der Waals surface area contributed by atoms with Crippen LogP contribution in [-0.2, 0) is 24.3 Å². The Kier molecular flexibility index (Phi) is 7.68. The van der Waals surface area contributed by atoms with Crippen LogP contribution in [0.25, 0.3) is 0 Å². The van der Waals surface area contributed by atoms with Crippen LogP contribution in [0.5, 0.6) is 0 Å². The van der Waals surface area contributed by atoms with Gasteiger partial charge in [0, 0.05) is 13.1 Å². The maximum absolute atomic E-state index is 13.2. The first kappa shape index (κ1) is 23.2. The van der Waals surface area contributed by atoms with Crippen LogP contribution >= 0.6 is 0 Å². The van der Waals surface area contributed by atoms with Crippen LogP contribution in [-0.4, -0.2) is 57.2 Å². The highest BCUT2D eigenvalue weighted by molar-refractivity contribution is 7.92. The molecule has 162 valence electrons. The van der Waals surface area contributed by atoms with E-state index in [1.807, 2.05) is 26.8 Å². The van der Waals surface area contributed by atoms with E-state index in [0.29, 0.717) is 44.6 Å². The van der Waals surface area contributed by atoms with Crippen molar-refractivity contribution in [3.8, 4) is 0 Å². The van der Waals surface area contributed by atoms with Gasteiger partial charge < -0.3 is 9.64 Å². The van der Waals surface area contributed by atoms with Gasteiger partial charge in [0.25, 0.3) is 0 Å². The summed E-state index contributed by atoms with van der Waals surface area (Å²) in [5.74, 6) is -0.650. The van der Waals surface area contributed by atoms with E-state index < -0.39 is 16.1 Å². The number of piperidine rings is 1. The van der Waals surface area contributed by atoms with Crippen LogP contribution in [0.2, 0.25) is 0 Å². The van der Waals surface area contributed by atoms with Crippen molar-refractivity contribution in [2.45, 2.75) is 53.0 Å². The van der Waals surface area contributed by atoms with Crippen LogP contribution in [0.15, 0.2) is 18.2 Å². The molecule has 1 aromatic carbocycles. The SMILES string of the molecule is CCOC(=O)C1CCN(C(=O)C(CC)N(c2ccc(C)c(C)c2)S(C)(=O)=O)CC1. The second kappa shape index (κ2) is 9.61. The van der Waals surface area contributed by atoms with Crippen molar-refractivity contribution in [1.29, 1.82) is 0 Å². The molecule has 1 aromatic rings. The Hall–Kier alpha value is -2.09. The van der Waals surface area contributed by atoms with Crippen molar-refractivity contribution >= 4 is 27.6 Å². The largest absolute Gasteiger partial charge is 0.466 e. The lowest BCUT2D eigenvalue weighted by molar-refractivity contribution is -0.151. The van der Waals surface area contributed by atoms with Crippen LogP contribution in [0, 0.1) is 19.8 Å². The summed E-state index contributed by atoms with van der Waals surface area (Å²) in [5.41, 5.74) is 2.52. The van der Waals surface area contributed by atoms with Crippen LogP contribution in [0.1, 0.15) is 44.2 Å². The number of esters is 1.